The fourth-order valence-corrected chi connectivity index (χ4v) is 1.40. The quantitative estimate of drug-likeness (QED) is 0.559. The lowest BCUT2D eigenvalue weighted by Crippen LogP contribution is -2.31. The van der Waals surface area contributed by atoms with E-state index in [0.717, 1.165) is 12.5 Å². The van der Waals surface area contributed by atoms with Gasteiger partial charge in [-0.1, -0.05) is 0 Å². The van der Waals surface area contributed by atoms with Crippen molar-refractivity contribution in [3.63, 3.8) is 0 Å². The summed E-state index contributed by atoms with van der Waals surface area (Å²) in [6.07, 6.45) is 3.01. The van der Waals surface area contributed by atoms with Crippen molar-refractivity contribution in [3.05, 3.63) is 0 Å². The van der Waals surface area contributed by atoms with Gasteiger partial charge < -0.3 is 20.1 Å². The summed E-state index contributed by atoms with van der Waals surface area (Å²) in [6, 6.07) is 0. The molecule has 2 N–H and O–H groups in total. The highest BCUT2D eigenvalue weighted by molar-refractivity contribution is 5.75. The van der Waals surface area contributed by atoms with Gasteiger partial charge in [0.05, 0.1) is 26.2 Å². The van der Waals surface area contributed by atoms with E-state index in [1.165, 1.54) is 12.8 Å². The topological polar surface area (TPSA) is 64.8 Å². The van der Waals surface area contributed by atoms with Crippen LogP contribution in [0.1, 0.15) is 19.3 Å². The van der Waals surface area contributed by atoms with Gasteiger partial charge in [0.2, 0.25) is 5.91 Å². The van der Waals surface area contributed by atoms with E-state index in [9.17, 15) is 4.79 Å². The zero-order chi connectivity index (χ0) is 12.5. The number of rotatable bonds is 10. The Morgan fingerprint density at radius 2 is 2.06 bits per heavy atom. The molecule has 1 aliphatic carbocycles. The van der Waals surface area contributed by atoms with Gasteiger partial charge in [-0.2, -0.15) is 0 Å². The van der Waals surface area contributed by atoms with Crippen LogP contribution in [0, 0.1) is 5.92 Å². The maximum absolute atomic E-state index is 11.6. The minimum absolute atomic E-state index is 0.0945. The number of amides is 1. The van der Waals surface area contributed by atoms with E-state index in [2.05, 4.69) is 0 Å². The zero-order valence-corrected chi connectivity index (χ0v) is 10.7. The molecule has 1 saturated carbocycles. The van der Waals surface area contributed by atoms with Gasteiger partial charge in [-0.15, -0.1) is 0 Å². The van der Waals surface area contributed by atoms with Gasteiger partial charge in [0.1, 0.15) is 0 Å². The van der Waals surface area contributed by atoms with E-state index in [1.54, 1.807) is 11.9 Å². The number of hydrogen-bond donors (Lipinski definition) is 1. The van der Waals surface area contributed by atoms with E-state index in [0.29, 0.717) is 39.3 Å². The number of nitrogens with zero attached hydrogens (tertiary/aromatic N) is 1. The maximum Gasteiger partial charge on any atom is 0.224 e. The number of ether oxygens (including phenoxy) is 2. The molecular weight excluding hydrogens is 220 g/mol. The molecule has 0 aromatic carbocycles. The predicted molar refractivity (Wildman–Crippen MR) is 65.7 cm³/mol. The van der Waals surface area contributed by atoms with Crippen LogP contribution in [0.15, 0.2) is 0 Å². The summed E-state index contributed by atoms with van der Waals surface area (Å²) in [4.78, 5) is 13.3. The second-order valence-electron chi connectivity index (χ2n) is 4.48. The molecule has 0 atom stereocenters. The van der Waals surface area contributed by atoms with Crippen molar-refractivity contribution in [2.75, 3.05) is 46.6 Å². The first kappa shape index (κ1) is 14.4. The lowest BCUT2D eigenvalue weighted by atomic mass is 10.4. The minimum Gasteiger partial charge on any atom is -0.380 e. The van der Waals surface area contributed by atoms with Crippen molar-refractivity contribution in [3.8, 4) is 0 Å². The molecule has 1 amide bonds. The lowest BCUT2D eigenvalue weighted by Gasteiger charge is -2.17. The van der Waals surface area contributed by atoms with Crippen LogP contribution in [0.25, 0.3) is 0 Å². The van der Waals surface area contributed by atoms with Crippen LogP contribution in [0.3, 0.4) is 0 Å². The largest absolute Gasteiger partial charge is 0.380 e. The van der Waals surface area contributed by atoms with Gasteiger partial charge in [0.25, 0.3) is 0 Å². The van der Waals surface area contributed by atoms with Crippen LogP contribution >= 0.6 is 0 Å². The van der Waals surface area contributed by atoms with Crippen molar-refractivity contribution < 1.29 is 14.3 Å². The Balaban J connectivity index is 1.92. The van der Waals surface area contributed by atoms with E-state index in [4.69, 9.17) is 15.2 Å². The van der Waals surface area contributed by atoms with Crippen LogP contribution in [0.4, 0.5) is 0 Å². The predicted octanol–water partition coefficient (Wildman–Crippen LogP) is 0.237. The molecule has 100 valence electrons. The van der Waals surface area contributed by atoms with Gasteiger partial charge in [-0.3, -0.25) is 4.79 Å². The Kier molecular flexibility index (Phi) is 7.16. The lowest BCUT2D eigenvalue weighted by molar-refractivity contribution is -0.131. The van der Waals surface area contributed by atoms with E-state index < -0.39 is 0 Å². The molecule has 0 spiro atoms. The Bertz CT molecular complexity index is 220. The third-order valence-corrected chi connectivity index (χ3v) is 2.77. The first-order valence-corrected chi connectivity index (χ1v) is 6.33. The summed E-state index contributed by atoms with van der Waals surface area (Å²) in [7, 11) is 1.80. The van der Waals surface area contributed by atoms with Gasteiger partial charge in [0, 0.05) is 26.7 Å². The number of likely N-dealkylation sites (N-methyl/N-ethyl adjacent to an activating group) is 1. The Labute approximate surface area is 103 Å². The average Bonchev–Trinajstić information content (AvgIpc) is 3.13. The van der Waals surface area contributed by atoms with E-state index >= 15 is 0 Å². The second-order valence-corrected chi connectivity index (χ2v) is 4.48. The molecule has 0 aromatic rings. The van der Waals surface area contributed by atoms with Gasteiger partial charge in [0.15, 0.2) is 0 Å². The Morgan fingerprint density at radius 1 is 1.29 bits per heavy atom. The molecule has 0 unspecified atom stereocenters. The first-order chi connectivity index (χ1) is 8.24. The summed E-state index contributed by atoms with van der Waals surface area (Å²) in [5.74, 6) is 0.873. The van der Waals surface area contributed by atoms with Crippen molar-refractivity contribution in [2.45, 2.75) is 19.3 Å². The Hall–Kier alpha value is -0.650. The van der Waals surface area contributed by atoms with E-state index in [-0.39, 0.29) is 5.91 Å². The second kappa shape index (κ2) is 8.44. The highest BCUT2D eigenvalue weighted by Gasteiger charge is 2.21. The van der Waals surface area contributed by atoms with Crippen LogP contribution in [0.5, 0.6) is 0 Å². The first-order valence-electron chi connectivity index (χ1n) is 6.33. The zero-order valence-electron chi connectivity index (χ0n) is 10.7. The molecule has 17 heavy (non-hydrogen) atoms. The summed E-state index contributed by atoms with van der Waals surface area (Å²) in [6.45, 7) is 3.59. The third-order valence-electron chi connectivity index (χ3n) is 2.77. The van der Waals surface area contributed by atoms with Gasteiger partial charge >= 0.3 is 0 Å². The van der Waals surface area contributed by atoms with Crippen molar-refractivity contribution in [1.82, 2.24) is 4.90 Å². The highest BCUT2D eigenvalue weighted by Crippen LogP contribution is 2.28. The summed E-state index contributed by atoms with van der Waals surface area (Å²) in [5, 5.41) is 0. The van der Waals surface area contributed by atoms with Crippen LogP contribution in [0.2, 0.25) is 0 Å². The van der Waals surface area contributed by atoms with Crippen molar-refractivity contribution in [1.29, 1.82) is 0 Å². The summed E-state index contributed by atoms with van der Waals surface area (Å²) >= 11 is 0. The fraction of sp³-hybridized carbons (Fsp3) is 0.917. The summed E-state index contributed by atoms with van der Waals surface area (Å²) < 4.78 is 10.6. The summed E-state index contributed by atoms with van der Waals surface area (Å²) in [5.41, 5.74) is 5.28. The van der Waals surface area contributed by atoms with Crippen LogP contribution < -0.4 is 5.73 Å². The monoisotopic (exact) mass is 244 g/mol. The molecule has 1 rings (SSSR count). The van der Waals surface area contributed by atoms with Crippen molar-refractivity contribution >= 4 is 5.91 Å². The molecule has 5 heteroatoms. The smallest absolute Gasteiger partial charge is 0.224 e. The molecular formula is C12H24N2O3. The minimum atomic E-state index is 0.0945. The molecule has 0 saturated heterocycles. The highest BCUT2D eigenvalue weighted by atomic mass is 16.5. The van der Waals surface area contributed by atoms with Crippen molar-refractivity contribution in [2.24, 2.45) is 11.7 Å². The Morgan fingerprint density at radius 3 is 2.71 bits per heavy atom. The molecule has 0 heterocycles. The molecule has 1 aliphatic rings. The molecule has 0 radical (unpaired) electrons. The number of carbonyl (C=O) groups excluding carboxylic acids is 1. The van der Waals surface area contributed by atoms with Crippen LogP contribution in [-0.4, -0.2) is 57.4 Å². The SMILES string of the molecule is CN(CCOCC1CC1)C(=O)CCOCCN. The maximum atomic E-state index is 11.6. The normalized spacial score (nSPS) is 14.9. The number of hydrogen-bond acceptors (Lipinski definition) is 4. The van der Waals surface area contributed by atoms with E-state index in [1.807, 2.05) is 0 Å². The fourth-order valence-electron chi connectivity index (χ4n) is 1.40. The standard InChI is InChI=1S/C12H24N2O3/c1-14(6-9-17-10-11-2-3-11)12(15)4-7-16-8-5-13/h11H,2-10,13H2,1H3. The molecule has 0 aromatic heterocycles. The van der Waals surface area contributed by atoms with Crippen LogP contribution in [-0.2, 0) is 14.3 Å². The molecule has 5 nitrogen and oxygen atoms in total. The third kappa shape index (κ3) is 7.31. The molecule has 1 fully saturated rings. The molecule has 0 aliphatic heterocycles. The average molecular weight is 244 g/mol. The van der Waals surface area contributed by atoms with Gasteiger partial charge in [-0.05, 0) is 18.8 Å². The number of carbonyl (C=O) groups is 1. The van der Waals surface area contributed by atoms with Gasteiger partial charge in [-0.25, -0.2) is 0 Å². The number of nitrogens with two attached hydrogens (primary N) is 1. The molecule has 0 bridgehead atoms.